The van der Waals surface area contributed by atoms with Crippen LogP contribution in [0.25, 0.3) is 0 Å². The fourth-order valence-electron chi connectivity index (χ4n) is 2.10. The molecule has 1 amide bonds. The van der Waals surface area contributed by atoms with Crippen LogP contribution in [0.15, 0.2) is 30.3 Å². The average molecular weight is 338 g/mol. The lowest BCUT2D eigenvalue weighted by atomic mass is 10.2. The normalized spacial score (nSPS) is 11.8. The second kappa shape index (κ2) is 7.25. The molecule has 0 aliphatic heterocycles. The molecule has 0 aliphatic carbocycles. The summed E-state index contributed by atoms with van der Waals surface area (Å²) in [4.78, 5) is 12.2. The van der Waals surface area contributed by atoms with E-state index in [0.717, 1.165) is 17.7 Å². The number of hydrogen-bond donors (Lipinski definition) is 2. The zero-order valence-electron chi connectivity index (χ0n) is 13.4. The molecule has 7 heteroatoms. The fourth-order valence-corrected chi connectivity index (χ4v) is 2.10. The predicted molar refractivity (Wildman–Crippen MR) is 85.8 cm³/mol. The van der Waals surface area contributed by atoms with E-state index < -0.39 is 35.1 Å². The van der Waals surface area contributed by atoms with Gasteiger partial charge >= 0.3 is 0 Å². The number of hydrogen-bond acceptors (Lipinski definition) is 3. The number of amides is 1. The summed E-state index contributed by atoms with van der Waals surface area (Å²) in [5.74, 6) is -4.46. The maximum atomic E-state index is 13.6. The summed E-state index contributed by atoms with van der Waals surface area (Å²) in [5.41, 5.74) is 1.12. The van der Waals surface area contributed by atoms with Gasteiger partial charge in [0.1, 0.15) is 11.8 Å². The molecule has 0 aromatic heterocycles. The Morgan fingerprint density at radius 3 is 2.46 bits per heavy atom. The van der Waals surface area contributed by atoms with Crippen molar-refractivity contribution in [2.75, 3.05) is 17.7 Å². The van der Waals surface area contributed by atoms with Crippen LogP contribution >= 0.6 is 0 Å². The molecule has 1 atom stereocenters. The Hall–Kier alpha value is -2.70. The SMILES string of the molecule is COc1ccc(C)cc1N[C@H](C)C(=O)Nc1ccc(F)c(F)c1F. The smallest absolute Gasteiger partial charge is 0.246 e. The molecule has 0 spiro atoms. The first-order chi connectivity index (χ1) is 11.3. The molecular formula is C17H17F3N2O2. The van der Waals surface area contributed by atoms with E-state index >= 15 is 0 Å². The van der Waals surface area contributed by atoms with Gasteiger partial charge in [-0.3, -0.25) is 4.79 Å². The molecule has 0 radical (unpaired) electrons. The molecule has 24 heavy (non-hydrogen) atoms. The van der Waals surface area contributed by atoms with Gasteiger partial charge in [0.05, 0.1) is 18.5 Å². The molecule has 4 nitrogen and oxygen atoms in total. The monoisotopic (exact) mass is 338 g/mol. The number of nitrogens with one attached hydrogen (secondary N) is 2. The van der Waals surface area contributed by atoms with Gasteiger partial charge in [-0.1, -0.05) is 6.07 Å². The predicted octanol–water partition coefficient (Wildman–Crippen LogP) is 3.86. The number of benzene rings is 2. The van der Waals surface area contributed by atoms with Crippen LogP contribution < -0.4 is 15.4 Å². The van der Waals surface area contributed by atoms with Crippen LogP contribution in [0.3, 0.4) is 0 Å². The Morgan fingerprint density at radius 2 is 1.79 bits per heavy atom. The number of rotatable bonds is 5. The van der Waals surface area contributed by atoms with Crippen LogP contribution in [0.5, 0.6) is 5.75 Å². The van der Waals surface area contributed by atoms with Gasteiger partial charge in [-0.2, -0.15) is 0 Å². The van der Waals surface area contributed by atoms with E-state index in [0.29, 0.717) is 11.4 Å². The van der Waals surface area contributed by atoms with E-state index in [1.807, 2.05) is 13.0 Å². The summed E-state index contributed by atoms with van der Waals surface area (Å²) in [6.45, 7) is 3.43. The van der Waals surface area contributed by atoms with E-state index in [9.17, 15) is 18.0 Å². The number of ether oxygens (including phenoxy) is 1. The molecule has 2 aromatic rings. The van der Waals surface area contributed by atoms with Crippen molar-refractivity contribution in [2.24, 2.45) is 0 Å². The number of carbonyl (C=O) groups is 1. The van der Waals surface area contributed by atoms with E-state index in [1.54, 1.807) is 19.1 Å². The van der Waals surface area contributed by atoms with Crippen molar-refractivity contribution in [2.45, 2.75) is 19.9 Å². The molecule has 0 fully saturated rings. The Kier molecular flexibility index (Phi) is 5.33. The second-order valence-electron chi connectivity index (χ2n) is 5.28. The molecule has 0 saturated heterocycles. The highest BCUT2D eigenvalue weighted by atomic mass is 19.2. The highest BCUT2D eigenvalue weighted by Crippen LogP contribution is 2.26. The van der Waals surface area contributed by atoms with Crippen LogP contribution in [0.2, 0.25) is 0 Å². The molecule has 2 aromatic carbocycles. The lowest BCUT2D eigenvalue weighted by Gasteiger charge is -2.18. The Labute approximate surface area is 137 Å². The quantitative estimate of drug-likeness (QED) is 0.814. The van der Waals surface area contributed by atoms with E-state index in [-0.39, 0.29) is 0 Å². The molecule has 0 bridgehead atoms. The van der Waals surface area contributed by atoms with Crippen LogP contribution in [-0.4, -0.2) is 19.1 Å². The molecule has 0 saturated carbocycles. The largest absolute Gasteiger partial charge is 0.495 e. The lowest BCUT2D eigenvalue weighted by Crippen LogP contribution is -2.32. The van der Waals surface area contributed by atoms with E-state index in [2.05, 4.69) is 10.6 Å². The van der Waals surface area contributed by atoms with Crippen molar-refractivity contribution >= 4 is 17.3 Å². The molecule has 128 valence electrons. The first-order valence-corrected chi connectivity index (χ1v) is 7.19. The summed E-state index contributed by atoms with van der Waals surface area (Å²) in [7, 11) is 1.50. The van der Waals surface area contributed by atoms with Crippen LogP contribution in [0, 0.1) is 24.4 Å². The van der Waals surface area contributed by atoms with Gasteiger partial charge in [-0.25, -0.2) is 13.2 Å². The minimum Gasteiger partial charge on any atom is -0.495 e. The molecule has 0 unspecified atom stereocenters. The minimum absolute atomic E-state index is 0.427. The number of carbonyl (C=O) groups excluding carboxylic acids is 1. The molecule has 2 N–H and O–H groups in total. The van der Waals surface area contributed by atoms with Gasteiger partial charge in [0.25, 0.3) is 0 Å². The maximum Gasteiger partial charge on any atom is 0.246 e. The number of aryl methyl sites for hydroxylation is 1. The Balaban J connectivity index is 2.13. The summed E-state index contributed by atoms with van der Waals surface area (Å²) in [6, 6.07) is 6.33. The molecular weight excluding hydrogens is 321 g/mol. The zero-order valence-corrected chi connectivity index (χ0v) is 13.4. The van der Waals surface area contributed by atoms with Gasteiger partial charge in [-0.05, 0) is 43.7 Å². The summed E-state index contributed by atoms with van der Waals surface area (Å²) >= 11 is 0. The number of methoxy groups -OCH3 is 1. The van der Waals surface area contributed by atoms with Crippen molar-refractivity contribution in [1.82, 2.24) is 0 Å². The summed E-state index contributed by atoms with van der Waals surface area (Å²) in [6.07, 6.45) is 0. The highest BCUT2D eigenvalue weighted by molar-refractivity contribution is 5.96. The first kappa shape index (κ1) is 17.7. The lowest BCUT2D eigenvalue weighted by molar-refractivity contribution is -0.116. The summed E-state index contributed by atoms with van der Waals surface area (Å²) < 4.78 is 44.9. The minimum atomic E-state index is -1.63. The third kappa shape index (κ3) is 3.79. The number of halogens is 3. The second-order valence-corrected chi connectivity index (χ2v) is 5.28. The molecule has 2 rings (SSSR count). The van der Waals surface area contributed by atoms with Gasteiger partial charge < -0.3 is 15.4 Å². The summed E-state index contributed by atoms with van der Waals surface area (Å²) in [5, 5.41) is 5.17. The third-order valence-electron chi connectivity index (χ3n) is 3.41. The number of anilines is 2. The topological polar surface area (TPSA) is 50.4 Å². The zero-order chi connectivity index (χ0) is 17.9. The van der Waals surface area contributed by atoms with Crippen molar-refractivity contribution in [1.29, 1.82) is 0 Å². The van der Waals surface area contributed by atoms with E-state index in [4.69, 9.17) is 4.74 Å². The first-order valence-electron chi connectivity index (χ1n) is 7.19. The van der Waals surface area contributed by atoms with Crippen LogP contribution in [0.4, 0.5) is 24.5 Å². The Bertz CT molecular complexity index is 766. The third-order valence-corrected chi connectivity index (χ3v) is 3.41. The molecule has 0 aliphatic rings. The molecule has 0 heterocycles. The fraction of sp³-hybridized carbons (Fsp3) is 0.235. The average Bonchev–Trinajstić information content (AvgIpc) is 2.55. The van der Waals surface area contributed by atoms with Crippen molar-refractivity contribution in [3.63, 3.8) is 0 Å². The van der Waals surface area contributed by atoms with Gasteiger partial charge in [-0.15, -0.1) is 0 Å². The van der Waals surface area contributed by atoms with Gasteiger partial charge in [0.2, 0.25) is 5.91 Å². The van der Waals surface area contributed by atoms with Gasteiger partial charge in [0.15, 0.2) is 17.5 Å². The highest BCUT2D eigenvalue weighted by Gasteiger charge is 2.19. The van der Waals surface area contributed by atoms with Crippen molar-refractivity contribution < 1.29 is 22.7 Å². The van der Waals surface area contributed by atoms with E-state index in [1.165, 1.54) is 7.11 Å². The van der Waals surface area contributed by atoms with Crippen molar-refractivity contribution in [3.05, 3.63) is 53.3 Å². The maximum absolute atomic E-state index is 13.6. The Morgan fingerprint density at radius 1 is 1.08 bits per heavy atom. The van der Waals surface area contributed by atoms with Gasteiger partial charge in [0, 0.05) is 0 Å². The standard InChI is InChI=1S/C17H17F3N2O2/c1-9-4-7-14(24-3)13(8-9)21-10(2)17(23)22-12-6-5-11(18)15(19)16(12)20/h4-8,10,21H,1-3H3,(H,22,23)/t10-/m1/s1. The van der Waals surface area contributed by atoms with Crippen molar-refractivity contribution in [3.8, 4) is 5.75 Å². The van der Waals surface area contributed by atoms with Crippen LogP contribution in [-0.2, 0) is 4.79 Å². The van der Waals surface area contributed by atoms with Crippen LogP contribution in [0.1, 0.15) is 12.5 Å².